The molecule has 3 rings (SSSR count). The number of aliphatic imine (C=N–C) groups is 1. The normalized spacial score (nSPS) is 17.0. The van der Waals surface area contributed by atoms with Crippen LogP contribution in [0.25, 0.3) is 6.08 Å². The predicted molar refractivity (Wildman–Crippen MR) is 109 cm³/mol. The third-order valence-electron chi connectivity index (χ3n) is 3.58. The molecule has 2 N–H and O–H groups in total. The Kier molecular flexibility index (Phi) is 5.88. The molecule has 0 unspecified atom stereocenters. The van der Waals surface area contributed by atoms with E-state index in [0.717, 1.165) is 11.8 Å². The van der Waals surface area contributed by atoms with E-state index >= 15 is 0 Å². The fourth-order valence-electron chi connectivity index (χ4n) is 2.42. The SMILES string of the molecule is CCOC(=O)C1=C(O)/C(=C/c2cccc(O)c2)SC1=Nc1cccc(Cl)c1. The number of aliphatic hydroxyl groups is 1. The lowest BCUT2D eigenvalue weighted by Crippen LogP contribution is -2.12. The molecule has 0 radical (unpaired) electrons. The maximum Gasteiger partial charge on any atom is 0.344 e. The summed E-state index contributed by atoms with van der Waals surface area (Å²) in [6, 6.07) is 13.4. The molecule has 0 aliphatic carbocycles. The third kappa shape index (κ3) is 4.53. The van der Waals surface area contributed by atoms with Gasteiger partial charge in [-0.15, -0.1) is 0 Å². The molecule has 7 heteroatoms. The van der Waals surface area contributed by atoms with Gasteiger partial charge in [-0.3, -0.25) is 0 Å². The van der Waals surface area contributed by atoms with Crippen LogP contribution >= 0.6 is 23.4 Å². The van der Waals surface area contributed by atoms with Crippen molar-refractivity contribution < 1.29 is 19.7 Å². The zero-order chi connectivity index (χ0) is 19.4. The van der Waals surface area contributed by atoms with Crippen LogP contribution in [0.4, 0.5) is 5.69 Å². The zero-order valence-corrected chi connectivity index (χ0v) is 15.9. The second-order valence-corrected chi connectivity index (χ2v) is 7.01. The Bertz CT molecular complexity index is 981. The number of esters is 1. The largest absolute Gasteiger partial charge is 0.508 e. The Hall–Kier alpha value is -2.70. The number of hydrogen-bond donors (Lipinski definition) is 2. The molecule has 0 bridgehead atoms. The molecule has 0 amide bonds. The van der Waals surface area contributed by atoms with E-state index in [9.17, 15) is 15.0 Å². The Morgan fingerprint density at radius 1 is 1.22 bits per heavy atom. The van der Waals surface area contributed by atoms with Crippen LogP contribution < -0.4 is 0 Å². The Balaban J connectivity index is 2.05. The van der Waals surface area contributed by atoms with Crippen LogP contribution in [0.5, 0.6) is 5.75 Å². The molecule has 0 saturated heterocycles. The highest BCUT2D eigenvalue weighted by Gasteiger charge is 2.33. The molecule has 0 saturated carbocycles. The first-order valence-electron chi connectivity index (χ1n) is 8.12. The van der Waals surface area contributed by atoms with Gasteiger partial charge in [0.1, 0.15) is 22.1 Å². The van der Waals surface area contributed by atoms with Gasteiger partial charge in [0, 0.05) is 5.02 Å². The fraction of sp³-hybridized carbons (Fsp3) is 0.100. The van der Waals surface area contributed by atoms with Crippen molar-refractivity contribution in [1.82, 2.24) is 0 Å². The summed E-state index contributed by atoms with van der Waals surface area (Å²) in [5, 5.41) is 21.0. The number of nitrogens with zero attached hydrogens (tertiary/aromatic N) is 1. The van der Waals surface area contributed by atoms with Gasteiger partial charge in [0.25, 0.3) is 0 Å². The monoisotopic (exact) mass is 401 g/mol. The molecule has 0 spiro atoms. The maximum atomic E-state index is 12.3. The molecule has 1 aliphatic heterocycles. The molecular weight excluding hydrogens is 386 g/mol. The first kappa shape index (κ1) is 19.1. The van der Waals surface area contributed by atoms with Crippen molar-refractivity contribution in [2.24, 2.45) is 4.99 Å². The first-order chi connectivity index (χ1) is 13.0. The lowest BCUT2D eigenvalue weighted by molar-refractivity contribution is -0.138. The number of benzene rings is 2. The van der Waals surface area contributed by atoms with Crippen molar-refractivity contribution in [2.75, 3.05) is 6.61 Å². The minimum atomic E-state index is -0.650. The van der Waals surface area contributed by atoms with E-state index in [0.29, 0.717) is 26.2 Å². The summed E-state index contributed by atoms with van der Waals surface area (Å²) < 4.78 is 5.06. The second-order valence-electron chi connectivity index (χ2n) is 5.55. The number of phenolic OH excluding ortho intramolecular Hbond substituents is 1. The molecule has 5 nitrogen and oxygen atoms in total. The highest BCUT2D eigenvalue weighted by atomic mass is 35.5. The molecule has 0 atom stereocenters. The summed E-state index contributed by atoms with van der Waals surface area (Å²) in [5.74, 6) is -0.751. The number of aromatic hydroxyl groups is 1. The number of hydrogen-bond acceptors (Lipinski definition) is 6. The van der Waals surface area contributed by atoms with Gasteiger partial charge < -0.3 is 14.9 Å². The molecule has 2 aromatic carbocycles. The number of carbonyl (C=O) groups is 1. The second kappa shape index (κ2) is 8.33. The molecule has 0 fully saturated rings. The minimum absolute atomic E-state index is 0.00762. The van der Waals surface area contributed by atoms with Crippen LogP contribution in [0.1, 0.15) is 12.5 Å². The van der Waals surface area contributed by atoms with E-state index in [4.69, 9.17) is 16.3 Å². The Labute approximate surface area is 165 Å². The van der Waals surface area contributed by atoms with Gasteiger partial charge >= 0.3 is 5.97 Å². The summed E-state index contributed by atoms with van der Waals surface area (Å²) in [6.45, 7) is 1.87. The highest BCUT2D eigenvalue weighted by molar-refractivity contribution is 8.18. The molecule has 138 valence electrons. The van der Waals surface area contributed by atoms with Crippen molar-refractivity contribution in [3.8, 4) is 5.75 Å². The van der Waals surface area contributed by atoms with Crippen LogP contribution in [0.2, 0.25) is 5.02 Å². The van der Waals surface area contributed by atoms with Gasteiger partial charge in [-0.05, 0) is 48.9 Å². The summed E-state index contributed by atoms with van der Waals surface area (Å²) in [5.41, 5.74) is 1.24. The van der Waals surface area contributed by atoms with Gasteiger partial charge in [-0.25, -0.2) is 9.79 Å². The molecule has 2 aromatic rings. The molecule has 1 heterocycles. The zero-order valence-electron chi connectivity index (χ0n) is 14.3. The number of halogens is 1. The average Bonchev–Trinajstić information content (AvgIpc) is 2.90. The van der Waals surface area contributed by atoms with E-state index in [1.807, 2.05) is 0 Å². The predicted octanol–water partition coefficient (Wildman–Crippen LogP) is 5.24. The summed E-state index contributed by atoms with van der Waals surface area (Å²) >= 11 is 7.14. The molecular formula is C20H16ClNO4S. The standard InChI is InChI=1S/C20H16ClNO4S/c1-2-26-20(25)17-18(24)16(10-12-5-3-8-15(23)9-12)27-19(17)22-14-7-4-6-13(21)11-14/h3-11,23-24H,2H2,1H3/b16-10-,22-19?. The smallest absolute Gasteiger partial charge is 0.344 e. The van der Waals surface area contributed by atoms with E-state index in [1.54, 1.807) is 61.5 Å². The van der Waals surface area contributed by atoms with E-state index in [-0.39, 0.29) is 23.7 Å². The summed E-state index contributed by atoms with van der Waals surface area (Å²) in [4.78, 5) is 17.2. The fourth-order valence-corrected chi connectivity index (χ4v) is 3.64. The van der Waals surface area contributed by atoms with Gasteiger partial charge in [-0.2, -0.15) is 0 Å². The van der Waals surface area contributed by atoms with Crippen LogP contribution in [-0.2, 0) is 9.53 Å². The number of thioether (sulfide) groups is 1. The highest BCUT2D eigenvalue weighted by Crippen LogP contribution is 2.40. The number of ether oxygens (including phenoxy) is 1. The van der Waals surface area contributed by atoms with Gasteiger partial charge in [-0.1, -0.05) is 41.6 Å². The van der Waals surface area contributed by atoms with Gasteiger partial charge in [0.2, 0.25) is 0 Å². The van der Waals surface area contributed by atoms with Crippen molar-refractivity contribution in [3.63, 3.8) is 0 Å². The van der Waals surface area contributed by atoms with Crippen LogP contribution in [0, 0.1) is 0 Å². The van der Waals surface area contributed by atoms with E-state index in [2.05, 4.69) is 4.99 Å². The molecule has 1 aliphatic rings. The van der Waals surface area contributed by atoms with Crippen molar-refractivity contribution in [1.29, 1.82) is 0 Å². The maximum absolute atomic E-state index is 12.3. The van der Waals surface area contributed by atoms with Gasteiger partial charge in [0.05, 0.1) is 17.2 Å². The van der Waals surface area contributed by atoms with E-state index < -0.39 is 5.97 Å². The van der Waals surface area contributed by atoms with Crippen molar-refractivity contribution >= 4 is 46.1 Å². The number of carbonyl (C=O) groups excluding carboxylic acids is 1. The Morgan fingerprint density at radius 2 is 2.00 bits per heavy atom. The summed E-state index contributed by atoms with van der Waals surface area (Å²) in [7, 11) is 0. The average molecular weight is 402 g/mol. The topological polar surface area (TPSA) is 79.1 Å². The van der Waals surface area contributed by atoms with Crippen LogP contribution in [0.15, 0.2) is 69.8 Å². The lowest BCUT2D eigenvalue weighted by Gasteiger charge is -2.04. The lowest BCUT2D eigenvalue weighted by atomic mass is 10.1. The van der Waals surface area contributed by atoms with Crippen LogP contribution in [0.3, 0.4) is 0 Å². The quantitative estimate of drug-likeness (QED) is 0.685. The number of rotatable bonds is 4. The first-order valence-corrected chi connectivity index (χ1v) is 9.31. The number of aliphatic hydroxyl groups excluding tert-OH is 1. The minimum Gasteiger partial charge on any atom is -0.508 e. The van der Waals surface area contributed by atoms with Crippen molar-refractivity contribution in [2.45, 2.75) is 6.92 Å². The van der Waals surface area contributed by atoms with Crippen molar-refractivity contribution in [3.05, 3.63) is 75.4 Å². The van der Waals surface area contributed by atoms with Gasteiger partial charge in [0.15, 0.2) is 0 Å². The van der Waals surface area contributed by atoms with Crippen LogP contribution in [-0.4, -0.2) is 27.8 Å². The molecule has 27 heavy (non-hydrogen) atoms. The number of phenols is 1. The summed E-state index contributed by atoms with van der Waals surface area (Å²) in [6.07, 6.45) is 1.67. The van der Waals surface area contributed by atoms with E-state index in [1.165, 1.54) is 0 Å². The molecule has 0 aromatic heterocycles. The Morgan fingerprint density at radius 3 is 2.70 bits per heavy atom. The third-order valence-corrected chi connectivity index (χ3v) is 4.83.